The Bertz CT molecular complexity index is 1110. The van der Waals surface area contributed by atoms with Gasteiger partial charge in [0.1, 0.15) is 0 Å². The maximum absolute atomic E-state index is 14.5. The summed E-state index contributed by atoms with van der Waals surface area (Å²) in [7, 11) is 0. The normalized spacial score (nSPS) is 19.5. The maximum atomic E-state index is 14.5. The molecule has 1 N–H and O–H groups in total. The number of carbonyl (C=O) groups is 1. The molecule has 1 heterocycles. The molecule has 11 heteroatoms. The van der Waals surface area contributed by atoms with Gasteiger partial charge in [0.05, 0.1) is 17.0 Å². The maximum Gasteiger partial charge on any atom is 0.435 e. The molecule has 0 radical (unpaired) electrons. The van der Waals surface area contributed by atoms with Crippen molar-refractivity contribution in [3.8, 4) is 5.69 Å². The number of hydrogen-bond donors (Lipinski definition) is 1. The van der Waals surface area contributed by atoms with Crippen LogP contribution in [0.3, 0.4) is 0 Å². The molecule has 2 atom stereocenters. The van der Waals surface area contributed by atoms with Gasteiger partial charge < -0.3 is 9.67 Å². The minimum atomic E-state index is -6.20. The lowest BCUT2D eigenvalue weighted by Gasteiger charge is -2.31. The van der Waals surface area contributed by atoms with Gasteiger partial charge in [0, 0.05) is 18.0 Å². The highest BCUT2D eigenvalue weighted by Gasteiger charge is 2.73. The molecule has 0 bridgehead atoms. The van der Waals surface area contributed by atoms with E-state index in [2.05, 4.69) is 0 Å². The number of carboxylic acid groups (broad SMARTS) is 1. The fraction of sp³-hybridized carbons (Fsp3) is 0.318. The van der Waals surface area contributed by atoms with Crippen LogP contribution >= 0.6 is 11.6 Å². The summed E-state index contributed by atoms with van der Waals surface area (Å²) >= 11 is 5.98. The molecule has 0 spiro atoms. The van der Waals surface area contributed by atoms with Crippen molar-refractivity contribution in [3.63, 3.8) is 0 Å². The third kappa shape index (κ3) is 4.28. The topological polar surface area (TPSA) is 42.2 Å². The van der Waals surface area contributed by atoms with Crippen LogP contribution in [0.5, 0.6) is 0 Å². The number of carboxylic acids is 1. The molecule has 3 rings (SSSR count). The fourth-order valence-corrected chi connectivity index (χ4v) is 4.07. The van der Waals surface area contributed by atoms with E-state index in [9.17, 15) is 40.6 Å². The Morgan fingerprint density at radius 2 is 1.58 bits per heavy atom. The molecule has 0 saturated heterocycles. The van der Waals surface area contributed by atoms with E-state index in [4.69, 9.17) is 11.6 Å². The number of aliphatic carboxylic acids is 1. The first kappa shape index (κ1) is 24.9. The zero-order valence-corrected chi connectivity index (χ0v) is 17.9. The van der Waals surface area contributed by atoms with E-state index in [0.29, 0.717) is 23.3 Å². The Kier molecular flexibility index (Phi) is 6.21. The van der Waals surface area contributed by atoms with Gasteiger partial charge >= 0.3 is 24.0 Å². The van der Waals surface area contributed by atoms with E-state index >= 15 is 0 Å². The van der Waals surface area contributed by atoms with E-state index in [1.165, 1.54) is 43.0 Å². The number of benzene rings is 1. The van der Waals surface area contributed by atoms with E-state index < -0.39 is 40.8 Å². The predicted octanol–water partition coefficient (Wildman–Crippen LogP) is 6.64. The van der Waals surface area contributed by atoms with Crippen molar-refractivity contribution in [1.29, 1.82) is 0 Å². The summed E-state index contributed by atoms with van der Waals surface area (Å²) in [5, 5.41) is 8.53. The second-order valence-corrected chi connectivity index (χ2v) is 8.21. The second-order valence-electron chi connectivity index (χ2n) is 7.71. The zero-order chi connectivity index (χ0) is 24.9. The molecule has 1 aliphatic carbocycles. The van der Waals surface area contributed by atoms with Crippen LogP contribution in [-0.4, -0.2) is 33.4 Å². The van der Waals surface area contributed by atoms with Crippen LogP contribution in [0.4, 0.5) is 30.7 Å². The first-order valence-electron chi connectivity index (χ1n) is 9.47. The summed E-state index contributed by atoms with van der Waals surface area (Å²) in [6, 6.07) is 2.66. The smallest absolute Gasteiger partial charge is 0.435 e. The number of aryl methyl sites for hydroxylation is 2. The summed E-state index contributed by atoms with van der Waals surface area (Å²) in [5.74, 6) is -2.09. The Hall–Kier alpha value is -2.75. The Balaban J connectivity index is 2.06. The third-order valence-corrected chi connectivity index (χ3v) is 5.82. The van der Waals surface area contributed by atoms with E-state index in [1.807, 2.05) is 0 Å². The number of halogens is 8. The third-order valence-electron chi connectivity index (χ3n) is 5.40. The summed E-state index contributed by atoms with van der Waals surface area (Å²) < 4.78 is 94.7. The van der Waals surface area contributed by atoms with Gasteiger partial charge in [0.2, 0.25) is 0 Å². The molecule has 33 heavy (non-hydrogen) atoms. The second kappa shape index (κ2) is 8.23. The minimum absolute atomic E-state index is 0.0138. The fourth-order valence-electron chi connectivity index (χ4n) is 3.81. The van der Waals surface area contributed by atoms with Gasteiger partial charge in [-0.1, -0.05) is 30.4 Å². The van der Waals surface area contributed by atoms with Crippen LogP contribution in [0.15, 0.2) is 48.8 Å². The van der Waals surface area contributed by atoms with Crippen LogP contribution in [0, 0.1) is 19.8 Å². The molecule has 3 nitrogen and oxygen atoms in total. The van der Waals surface area contributed by atoms with Crippen molar-refractivity contribution < 1.29 is 40.6 Å². The standard InChI is InChI=1S/C22H17ClF7NO2/c1-11-7-15(20(24,21(25,26)27)22(28,29)30)8-12(2)18(11)31-6-5-14(10-31)13-3-4-17(23)16(9-13)19(32)33/h3-10,16-17H,1-2H3,(H,32,33). The van der Waals surface area contributed by atoms with Gasteiger partial charge in [-0.25, -0.2) is 4.39 Å². The number of rotatable bonds is 4. The van der Waals surface area contributed by atoms with Gasteiger partial charge in [0.15, 0.2) is 0 Å². The molecule has 0 aliphatic heterocycles. The molecule has 0 fully saturated rings. The molecule has 1 aromatic heterocycles. The lowest BCUT2D eigenvalue weighted by atomic mass is 9.90. The van der Waals surface area contributed by atoms with E-state index in [-0.39, 0.29) is 16.8 Å². The molecule has 2 aromatic rings. The van der Waals surface area contributed by atoms with Gasteiger partial charge in [-0.2, -0.15) is 26.3 Å². The zero-order valence-electron chi connectivity index (χ0n) is 17.1. The highest BCUT2D eigenvalue weighted by molar-refractivity contribution is 6.23. The summed E-state index contributed by atoms with van der Waals surface area (Å²) in [4.78, 5) is 11.4. The van der Waals surface area contributed by atoms with Crippen molar-refractivity contribution >= 4 is 23.1 Å². The van der Waals surface area contributed by atoms with Crippen LogP contribution in [-0.2, 0) is 10.5 Å². The van der Waals surface area contributed by atoms with Gasteiger partial charge in [-0.3, -0.25) is 4.79 Å². The van der Waals surface area contributed by atoms with Gasteiger partial charge in [0.25, 0.3) is 0 Å². The van der Waals surface area contributed by atoms with Gasteiger partial charge in [-0.05, 0) is 42.2 Å². The first-order valence-corrected chi connectivity index (χ1v) is 9.91. The molecule has 0 amide bonds. The monoisotopic (exact) mass is 495 g/mol. The molecule has 1 aromatic carbocycles. The highest BCUT2D eigenvalue weighted by Crippen LogP contribution is 2.53. The van der Waals surface area contributed by atoms with E-state index in [0.717, 1.165) is 0 Å². The van der Waals surface area contributed by atoms with Crippen molar-refractivity contribution in [1.82, 2.24) is 4.57 Å². The van der Waals surface area contributed by atoms with E-state index in [1.54, 1.807) is 12.1 Å². The van der Waals surface area contributed by atoms with Crippen LogP contribution < -0.4 is 0 Å². The number of allylic oxidation sites excluding steroid dienone is 3. The first-order chi connectivity index (χ1) is 15.1. The number of hydrogen-bond acceptors (Lipinski definition) is 1. The molecule has 0 saturated carbocycles. The molecular weight excluding hydrogens is 479 g/mol. The molecule has 178 valence electrons. The van der Waals surface area contributed by atoms with Crippen molar-refractivity contribution in [2.45, 2.75) is 37.2 Å². The van der Waals surface area contributed by atoms with Crippen molar-refractivity contribution in [2.24, 2.45) is 5.92 Å². The summed E-state index contributed by atoms with van der Waals surface area (Å²) in [5.41, 5.74) is -5.75. The Morgan fingerprint density at radius 3 is 2.06 bits per heavy atom. The lowest BCUT2D eigenvalue weighted by molar-refractivity contribution is -0.348. The quantitative estimate of drug-likeness (QED) is 0.381. The van der Waals surface area contributed by atoms with Crippen molar-refractivity contribution in [2.75, 3.05) is 0 Å². The predicted molar refractivity (Wildman–Crippen MR) is 108 cm³/mol. The number of alkyl halides is 8. The van der Waals surface area contributed by atoms with Crippen LogP contribution in [0.2, 0.25) is 0 Å². The summed E-state index contributed by atoms with van der Waals surface area (Å²) in [6.45, 7) is 2.55. The van der Waals surface area contributed by atoms with Crippen LogP contribution in [0.1, 0.15) is 22.3 Å². The average molecular weight is 496 g/mol. The lowest BCUT2D eigenvalue weighted by Crippen LogP contribution is -2.50. The summed E-state index contributed by atoms with van der Waals surface area (Å²) in [6.07, 6.45) is -4.78. The highest BCUT2D eigenvalue weighted by atomic mass is 35.5. The van der Waals surface area contributed by atoms with Gasteiger partial charge in [-0.15, -0.1) is 11.6 Å². The number of nitrogens with zero attached hydrogens (tertiary/aromatic N) is 1. The average Bonchev–Trinajstić information content (AvgIpc) is 3.14. The Labute approximate surface area is 188 Å². The SMILES string of the molecule is Cc1cc(C(F)(C(F)(F)F)C(F)(F)F)cc(C)c1-n1ccc(C2=CC(C(=O)O)C(Cl)C=C2)c1. The van der Waals surface area contributed by atoms with Crippen molar-refractivity contribution in [3.05, 3.63) is 71.1 Å². The minimum Gasteiger partial charge on any atom is -0.481 e. The molecule has 2 unspecified atom stereocenters. The molecule has 1 aliphatic rings. The van der Waals surface area contributed by atoms with Crippen LogP contribution in [0.25, 0.3) is 11.3 Å². The molecular formula is C22H17ClF7NO2. The number of aromatic nitrogens is 1. The Morgan fingerprint density at radius 1 is 1.03 bits per heavy atom. The largest absolute Gasteiger partial charge is 0.481 e.